The van der Waals surface area contributed by atoms with E-state index in [9.17, 15) is 4.79 Å². The Labute approximate surface area is 90.3 Å². The summed E-state index contributed by atoms with van der Waals surface area (Å²) < 4.78 is 0. The third-order valence-corrected chi connectivity index (χ3v) is 2.56. The molecule has 0 bridgehead atoms. The third kappa shape index (κ3) is 2.80. The number of nitrogens with zero attached hydrogens (tertiary/aromatic N) is 2. The number of hydrogen-bond donors (Lipinski definition) is 1. The van der Waals surface area contributed by atoms with Crippen molar-refractivity contribution in [2.75, 3.05) is 6.54 Å². The summed E-state index contributed by atoms with van der Waals surface area (Å²) in [5.74, 6) is -0.111. The predicted molar refractivity (Wildman–Crippen MR) is 57.8 cm³/mol. The average Bonchev–Trinajstić information content (AvgIpc) is 2.72. The lowest BCUT2D eigenvalue weighted by Gasteiger charge is -2.23. The number of nitrogens with two attached hydrogens (primary N) is 1. The summed E-state index contributed by atoms with van der Waals surface area (Å²) in [6.45, 7) is 2.57. The normalized spacial score (nSPS) is 21.4. The van der Waals surface area contributed by atoms with E-state index in [2.05, 4.69) is 13.0 Å². The minimum absolute atomic E-state index is 0.111. The number of unbranched alkanes of at least 4 members (excludes halogenated alkanes) is 1. The fraction of sp³-hybridized carbons (Fsp3) is 0.636. The number of amides is 1. The van der Waals surface area contributed by atoms with Gasteiger partial charge in [0.2, 0.25) is 5.91 Å². The maximum absolute atomic E-state index is 11.8. The second-order valence-electron chi connectivity index (χ2n) is 3.74. The molecule has 1 amide bonds. The molecule has 0 aromatic carbocycles. The molecule has 0 fully saturated rings. The molecule has 0 saturated heterocycles. The van der Waals surface area contributed by atoms with Crippen LogP contribution in [0.2, 0.25) is 0 Å². The first kappa shape index (κ1) is 11.7. The van der Waals surface area contributed by atoms with E-state index in [1.165, 1.54) is 4.90 Å². The van der Waals surface area contributed by atoms with Crippen LogP contribution in [-0.4, -0.2) is 29.4 Å². The molecule has 0 saturated carbocycles. The van der Waals surface area contributed by atoms with Gasteiger partial charge in [0, 0.05) is 6.54 Å². The van der Waals surface area contributed by atoms with Gasteiger partial charge in [0.05, 0.1) is 12.1 Å². The fourth-order valence-electron chi connectivity index (χ4n) is 1.62. The number of carbonyl (C=O) groups is 1. The van der Waals surface area contributed by atoms with Gasteiger partial charge in [-0.05, 0) is 12.5 Å². The Morgan fingerprint density at radius 2 is 2.53 bits per heavy atom. The quantitative estimate of drug-likeness (QED) is 0.693. The highest BCUT2D eigenvalue weighted by Crippen LogP contribution is 2.12. The fourth-order valence-corrected chi connectivity index (χ4v) is 1.62. The van der Waals surface area contributed by atoms with Crippen molar-refractivity contribution < 1.29 is 4.79 Å². The standard InChI is InChI=1S/C11H17N3O/c1-2-3-6-10(13)11(15)14-7-4-5-9(14)8-12/h4-5,9-10H,2-3,6-7,13H2,1H3/t9-,10-/m0/s1. The Balaban J connectivity index is 2.50. The number of nitriles is 1. The van der Waals surface area contributed by atoms with E-state index in [1.54, 1.807) is 6.08 Å². The maximum Gasteiger partial charge on any atom is 0.241 e. The molecule has 0 unspecified atom stereocenters. The summed E-state index contributed by atoms with van der Waals surface area (Å²) in [7, 11) is 0. The van der Waals surface area contributed by atoms with Crippen LogP contribution in [0.5, 0.6) is 0 Å². The van der Waals surface area contributed by atoms with Gasteiger partial charge in [-0.15, -0.1) is 0 Å². The molecule has 1 aliphatic heterocycles. The molecule has 0 aromatic heterocycles. The Kier molecular flexibility index (Phi) is 4.32. The van der Waals surface area contributed by atoms with E-state index in [0.29, 0.717) is 13.0 Å². The van der Waals surface area contributed by atoms with Gasteiger partial charge in [-0.25, -0.2) is 0 Å². The van der Waals surface area contributed by atoms with Crippen molar-refractivity contribution in [3.8, 4) is 6.07 Å². The zero-order valence-electron chi connectivity index (χ0n) is 9.02. The molecule has 0 radical (unpaired) electrons. The molecule has 4 heteroatoms. The smallest absolute Gasteiger partial charge is 0.241 e. The summed E-state index contributed by atoms with van der Waals surface area (Å²) in [6, 6.07) is 1.19. The maximum atomic E-state index is 11.8. The summed E-state index contributed by atoms with van der Waals surface area (Å²) in [4.78, 5) is 13.4. The zero-order chi connectivity index (χ0) is 11.3. The van der Waals surface area contributed by atoms with Crippen LogP contribution in [0.3, 0.4) is 0 Å². The van der Waals surface area contributed by atoms with Gasteiger partial charge in [-0.1, -0.05) is 25.8 Å². The van der Waals surface area contributed by atoms with Crippen LogP contribution in [0.1, 0.15) is 26.2 Å². The van der Waals surface area contributed by atoms with E-state index in [0.717, 1.165) is 12.8 Å². The van der Waals surface area contributed by atoms with E-state index in [4.69, 9.17) is 11.0 Å². The Morgan fingerprint density at radius 1 is 1.80 bits per heavy atom. The van der Waals surface area contributed by atoms with Gasteiger partial charge >= 0.3 is 0 Å². The average molecular weight is 207 g/mol. The van der Waals surface area contributed by atoms with E-state index in [1.807, 2.05) is 6.08 Å². The van der Waals surface area contributed by atoms with Gasteiger partial charge in [0.25, 0.3) is 0 Å². The SMILES string of the molecule is CCCC[C@H](N)C(=O)N1CC=C[C@H]1C#N. The summed E-state index contributed by atoms with van der Waals surface area (Å²) in [5, 5.41) is 8.81. The van der Waals surface area contributed by atoms with Gasteiger partial charge < -0.3 is 10.6 Å². The zero-order valence-corrected chi connectivity index (χ0v) is 9.02. The summed E-state index contributed by atoms with van der Waals surface area (Å²) in [6.07, 6.45) is 6.25. The Hall–Kier alpha value is -1.34. The van der Waals surface area contributed by atoms with Gasteiger partial charge in [0.1, 0.15) is 6.04 Å². The lowest BCUT2D eigenvalue weighted by molar-refractivity contribution is -0.132. The van der Waals surface area contributed by atoms with Crippen LogP contribution in [0, 0.1) is 11.3 Å². The minimum Gasteiger partial charge on any atom is -0.320 e. The highest BCUT2D eigenvalue weighted by atomic mass is 16.2. The van der Waals surface area contributed by atoms with E-state index < -0.39 is 12.1 Å². The van der Waals surface area contributed by atoms with Crippen molar-refractivity contribution in [3.63, 3.8) is 0 Å². The first-order chi connectivity index (χ1) is 7.20. The van der Waals surface area contributed by atoms with Crippen LogP contribution in [0.4, 0.5) is 0 Å². The summed E-state index contributed by atoms with van der Waals surface area (Å²) >= 11 is 0. The van der Waals surface area contributed by atoms with Crippen LogP contribution >= 0.6 is 0 Å². The molecule has 4 nitrogen and oxygen atoms in total. The first-order valence-electron chi connectivity index (χ1n) is 5.33. The highest BCUT2D eigenvalue weighted by Gasteiger charge is 2.27. The molecule has 2 N–H and O–H groups in total. The molecule has 2 atom stereocenters. The van der Waals surface area contributed by atoms with Gasteiger partial charge in [-0.3, -0.25) is 4.79 Å². The van der Waals surface area contributed by atoms with Crippen molar-refractivity contribution in [2.24, 2.45) is 5.73 Å². The predicted octanol–water partition coefficient (Wildman–Crippen LogP) is 0.794. The molecule has 1 heterocycles. The van der Waals surface area contributed by atoms with Crippen molar-refractivity contribution in [1.29, 1.82) is 5.26 Å². The Bertz CT molecular complexity index is 293. The molecule has 82 valence electrons. The van der Waals surface area contributed by atoms with E-state index in [-0.39, 0.29) is 5.91 Å². The van der Waals surface area contributed by atoms with Crippen molar-refractivity contribution in [2.45, 2.75) is 38.3 Å². The second kappa shape index (κ2) is 5.52. The highest BCUT2D eigenvalue weighted by molar-refractivity contribution is 5.83. The van der Waals surface area contributed by atoms with Crippen molar-refractivity contribution >= 4 is 5.91 Å². The molecular weight excluding hydrogens is 190 g/mol. The Morgan fingerprint density at radius 3 is 3.13 bits per heavy atom. The number of rotatable bonds is 4. The van der Waals surface area contributed by atoms with Gasteiger partial charge in [-0.2, -0.15) is 5.26 Å². The van der Waals surface area contributed by atoms with Crippen LogP contribution in [0.25, 0.3) is 0 Å². The minimum atomic E-state index is -0.458. The molecular formula is C11H17N3O. The van der Waals surface area contributed by atoms with Crippen molar-refractivity contribution in [3.05, 3.63) is 12.2 Å². The summed E-state index contributed by atoms with van der Waals surface area (Å²) in [5.41, 5.74) is 5.77. The third-order valence-electron chi connectivity index (χ3n) is 2.56. The monoisotopic (exact) mass is 207 g/mol. The van der Waals surface area contributed by atoms with Crippen LogP contribution < -0.4 is 5.73 Å². The number of hydrogen-bond acceptors (Lipinski definition) is 3. The molecule has 15 heavy (non-hydrogen) atoms. The lowest BCUT2D eigenvalue weighted by Crippen LogP contribution is -2.45. The molecule has 1 rings (SSSR count). The number of carbonyl (C=O) groups excluding carboxylic acids is 1. The largest absolute Gasteiger partial charge is 0.320 e. The molecule has 0 aromatic rings. The van der Waals surface area contributed by atoms with E-state index >= 15 is 0 Å². The molecule has 0 aliphatic carbocycles. The van der Waals surface area contributed by atoms with Crippen LogP contribution in [0.15, 0.2) is 12.2 Å². The lowest BCUT2D eigenvalue weighted by atomic mass is 10.1. The molecule has 1 aliphatic rings. The second-order valence-corrected chi connectivity index (χ2v) is 3.74. The van der Waals surface area contributed by atoms with Gasteiger partial charge in [0.15, 0.2) is 0 Å². The molecule has 0 spiro atoms. The van der Waals surface area contributed by atoms with Crippen molar-refractivity contribution in [1.82, 2.24) is 4.90 Å². The topological polar surface area (TPSA) is 70.1 Å². The first-order valence-corrected chi connectivity index (χ1v) is 5.33. The van der Waals surface area contributed by atoms with Crippen LogP contribution in [-0.2, 0) is 4.79 Å².